The van der Waals surface area contributed by atoms with E-state index in [0.717, 1.165) is 5.57 Å². The van der Waals surface area contributed by atoms with E-state index in [-0.39, 0.29) is 5.82 Å². The number of alkyl halides is 1. The molecule has 0 spiro atoms. The summed E-state index contributed by atoms with van der Waals surface area (Å²) in [5, 5.41) is 0. The molecule has 0 saturated carbocycles. The minimum absolute atomic E-state index is 0.310. The van der Waals surface area contributed by atoms with Gasteiger partial charge in [0, 0.05) is 11.9 Å². The van der Waals surface area contributed by atoms with Crippen LogP contribution in [0.5, 0.6) is 5.75 Å². The van der Waals surface area contributed by atoms with Crippen LogP contribution in [0.4, 0.5) is 4.39 Å². The molecule has 0 heterocycles. The van der Waals surface area contributed by atoms with Gasteiger partial charge in [-0.3, -0.25) is 0 Å². The Labute approximate surface area is 95.7 Å². The summed E-state index contributed by atoms with van der Waals surface area (Å²) in [6.45, 7) is 3.98. The van der Waals surface area contributed by atoms with Crippen LogP contribution in [0.2, 0.25) is 0 Å². The van der Waals surface area contributed by atoms with E-state index in [4.69, 9.17) is 16.3 Å². The van der Waals surface area contributed by atoms with Crippen LogP contribution >= 0.6 is 27.5 Å². The van der Waals surface area contributed by atoms with Crippen molar-refractivity contribution < 1.29 is 9.13 Å². The van der Waals surface area contributed by atoms with Gasteiger partial charge in [0.2, 0.25) is 0 Å². The summed E-state index contributed by atoms with van der Waals surface area (Å²) in [5.41, 5.74) is 0.759. The van der Waals surface area contributed by atoms with Gasteiger partial charge in [0.25, 0.3) is 0 Å². The quantitative estimate of drug-likeness (QED) is 0.602. The van der Waals surface area contributed by atoms with Crippen molar-refractivity contribution in [3.05, 3.63) is 40.6 Å². The first-order chi connectivity index (χ1) is 6.63. The van der Waals surface area contributed by atoms with E-state index in [1.54, 1.807) is 12.1 Å². The van der Waals surface area contributed by atoms with Gasteiger partial charge in [-0.25, -0.2) is 4.39 Å². The number of benzene rings is 1. The molecular formula is C10H9BrClFO. The van der Waals surface area contributed by atoms with Crippen LogP contribution in [0.1, 0.15) is 0 Å². The molecule has 0 fully saturated rings. The summed E-state index contributed by atoms with van der Waals surface area (Å²) in [6, 6.07) is 4.58. The SMILES string of the molecule is C=C(CCl)COc1ccc(Br)c(F)c1. The number of ether oxygens (including phenoxy) is 1. The lowest BCUT2D eigenvalue weighted by Crippen LogP contribution is -2.01. The third-order valence-corrected chi connectivity index (χ3v) is 2.54. The van der Waals surface area contributed by atoms with Crippen molar-refractivity contribution in [3.8, 4) is 5.75 Å². The fourth-order valence-electron chi connectivity index (χ4n) is 0.791. The maximum Gasteiger partial charge on any atom is 0.141 e. The van der Waals surface area contributed by atoms with Gasteiger partial charge >= 0.3 is 0 Å². The fourth-order valence-corrected chi connectivity index (χ4v) is 1.11. The third kappa shape index (κ3) is 3.31. The number of hydrogen-bond donors (Lipinski definition) is 0. The Morgan fingerprint density at radius 2 is 2.29 bits per heavy atom. The third-order valence-electron chi connectivity index (χ3n) is 1.52. The standard InChI is InChI=1S/C10H9BrClFO/c1-7(5-12)6-14-8-2-3-9(11)10(13)4-8/h2-4H,1,5-6H2. The molecule has 0 unspecified atom stereocenters. The fraction of sp³-hybridized carbons (Fsp3) is 0.200. The monoisotopic (exact) mass is 278 g/mol. The van der Waals surface area contributed by atoms with Crippen molar-refractivity contribution in [1.82, 2.24) is 0 Å². The van der Waals surface area contributed by atoms with E-state index in [2.05, 4.69) is 22.5 Å². The molecule has 0 aliphatic carbocycles. The Balaban J connectivity index is 2.60. The van der Waals surface area contributed by atoms with Crippen LogP contribution in [0.15, 0.2) is 34.8 Å². The van der Waals surface area contributed by atoms with Gasteiger partial charge in [0.1, 0.15) is 18.2 Å². The predicted octanol–water partition coefficient (Wildman–Crippen LogP) is 3.76. The maximum absolute atomic E-state index is 13.0. The molecule has 1 rings (SSSR count). The highest BCUT2D eigenvalue weighted by molar-refractivity contribution is 9.10. The van der Waals surface area contributed by atoms with Crippen molar-refractivity contribution in [2.24, 2.45) is 0 Å². The van der Waals surface area contributed by atoms with Gasteiger partial charge < -0.3 is 4.74 Å². The van der Waals surface area contributed by atoms with E-state index < -0.39 is 0 Å². The normalized spacial score (nSPS) is 9.93. The van der Waals surface area contributed by atoms with Gasteiger partial charge in [-0.2, -0.15) is 0 Å². The second kappa shape index (κ2) is 5.37. The summed E-state index contributed by atoms with van der Waals surface area (Å²) < 4.78 is 18.7. The van der Waals surface area contributed by atoms with Crippen LogP contribution in [-0.2, 0) is 0 Å². The van der Waals surface area contributed by atoms with E-state index in [1.165, 1.54) is 6.07 Å². The van der Waals surface area contributed by atoms with Gasteiger partial charge in [-0.15, -0.1) is 11.6 Å². The molecule has 0 atom stereocenters. The van der Waals surface area contributed by atoms with Crippen LogP contribution in [0.25, 0.3) is 0 Å². The van der Waals surface area contributed by atoms with Crippen molar-refractivity contribution in [3.63, 3.8) is 0 Å². The molecular weight excluding hydrogens is 270 g/mol. The van der Waals surface area contributed by atoms with Gasteiger partial charge in [0.15, 0.2) is 0 Å². The lowest BCUT2D eigenvalue weighted by molar-refractivity contribution is 0.351. The molecule has 0 radical (unpaired) electrons. The highest BCUT2D eigenvalue weighted by Gasteiger charge is 2.01. The molecule has 1 aromatic rings. The van der Waals surface area contributed by atoms with Crippen molar-refractivity contribution in [2.45, 2.75) is 0 Å². The summed E-state index contributed by atoms with van der Waals surface area (Å²) in [7, 11) is 0. The zero-order valence-corrected chi connectivity index (χ0v) is 9.74. The summed E-state index contributed by atoms with van der Waals surface area (Å²) in [4.78, 5) is 0. The second-order valence-electron chi connectivity index (χ2n) is 2.75. The summed E-state index contributed by atoms with van der Waals surface area (Å²) in [5.74, 6) is 0.467. The zero-order valence-electron chi connectivity index (χ0n) is 7.40. The average molecular weight is 280 g/mol. The van der Waals surface area contributed by atoms with Crippen molar-refractivity contribution in [2.75, 3.05) is 12.5 Å². The maximum atomic E-state index is 13.0. The lowest BCUT2D eigenvalue weighted by Gasteiger charge is -2.06. The Morgan fingerprint density at radius 3 is 2.86 bits per heavy atom. The molecule has 1 aromatic carbocycles. The molecule has 0 aliphatic heterocycles. The Kier molecular flexibility index (Phi) is 4.42. The second-order valence-corrected chi connectivity index (χ2v) is 3.87. The molecule has 76 valence electrons. The molecule has 14 heavy (non-hydrogen) atoms. The Bertz CT molecular complexity index is 341. The van der Waals surface area contributed by atoms with E-state index in [1.807, 2.05) is 0 Å². The van der Waals surface area contributed by atoms with Gasteiger partial charge in [-0.05, 0) is 33.6 Å². The van der Waals surface area contributed by atoms with Crippen molar-refractivity contribution in [1.29, 1.82) is 0 Å². The van der Waals surface area contributed by atoms with Crippen LogP contribution in [0.3, 0.4) is 0 Å². The van der Waals surface area contributed by atoms with E-state index in [0.29, 0.717) is 22.7 Å². The topological polar surface area (TPSA) is 9.23 Å². The zero-order chi connectivity index (χ0) is 10.6. The molecule has 0 bridgehead atoms. The largest absolute Gasteiger partial charge is 0.489 e. The first kappa shape index (κ1) is 11.5. The average Bonchev–Trinajstić information content (AvgIpc) is 2.19. The van der Waals surface area contributed by atoms with Crippen LogP contribution in [0, 0.1) is 5.82 Å². The minimum atomic E-state index is -0.348. The molecule has 1 nitrogen and oxygen atoms in total. The number of hydrogen-bond acceptors (Lipinski definition) is 1. The molecule has 0 aliphatic rings. The smallest absolute Gasteiger partial charge is 0.141 e. The van der Waals surface area contributed by atoms with Gasteiger partial charge in [-0.1, -0.05) is 6.58 Å². The Morgan fingerprint density at radius 1 is 1.57 bits per heavy atom. The molecule has 0 aromatic heterocycles. The van der Waals surface area contributed by atoms with E-state index >= 15 is 0 Å². The van der Waals surface area contributed by atoms with Crippen LogP contribution < -0.4 is 4.74 Å². The molecule has 0 amide bonds. The van der Waals surface area contributed by atoms with E-state index in [9.17, 15) is 4.39 Å². The minimum Gasteiger partial charge on any atom is -0.489 e. The van der Waals surface area contributed by atoms with Crippen LogP contribution in [-0.4, -0.2) is 12.5 Å². The highest BCUT2D eigenvalue weighted by Crippen LogP contribution is 2.21. The van der Waals surface area contributed by atoms with Crippen molar-refractivity contribution >= 4 is 27.5 Å². The Hall–Kier alpha value is -0.540. The summed E-state index contributed by atoms with van der Waals surface area (Å²) in [6.07, 6.45) is 0. The number of halogens is 3. The first-order valence-electron chi connectivity index (χ1n) is 3.94. The first-order valence-corrected chi connectivity index (χ1v) is 5.26. The molecule has 0 saturated heterocycles. The highest BCUT2D eigenvalue weighted by atomic mass is 79.9. The lowest BCUT2D eigenvalue weighted by atomic mass is 10.3. The molecule has 0 N–H and O–H groups in total. The number of rotatable bonds is 4. The predicted molar refractivity (Wildman–Crippen MR) is 59.5 cm³/mol. The summed E-state index contributed by atoms with van der Waals surface area (Å²) >= 11 is 8.57. The van der Waals surface area contributed by atoms with Gasteiger partial charge in [0.05, 0.1) is 4.47 Å². The molecule has 4 heteroatoms.